The van der Waals surface area contributed by atoms with Gasteiger partial charge in [-0.25, -0.2) is 4.98 Å². The number of aryl methyl sites for hydroxylation is 1. The third-order valence-corrected chi connectivity index (χ3v) is 4.67. The molecule has 7 heteroatoms. The zero-order valence-corrected chi connectivity index (χ0v) is 14.0. The number of anilines is 1. The minimum Gasteiger partial charge on any atom is -0.378 e. The standard InChI is InChI=1S/C18H20F3N3O/c1-12-11-24(15-2-3-15)17(22-12)13-8-14(18(19,20)21)10-16(9-13)23-4-6-25-7-5-23/h8-11,15H,2-7H2,1H3. The number of alkyl halides is 3. The third kappa shape index (κ3) is 3.38. The molecule has 2 aliphatic rings. The summed E-state index contributed by atoms with van der Waals surface area (Å²) >= 11 is 0. The van der Waals surface area contributed by atoms with E-state index in [2.05, 4.69) is 4.98 Å². The molecule has 1 aromatic heterocycles. The molecule has 0 bridgehead atoms. The van der Waals surface area contributed by atoms with Crippen LogP contribution < -0.4 is 4.90 Å². The summed E-state index contributed by atoms with van der Waals surface area (Å²) in [6.07, 6.45) is -0.346. The van der Waals surface area contributed by atoms with E-state index in [0.29, 0.717) is 49.4 Å². The maximum Gasteiger partial charge on any atom is 0.416 e. The van der Waals surface area contributed by atoms with E-state index in [-0.39, 0.29) is 0 Å². The molecule has 1 aliphatic heterocycles. The summed E-state index contributed by atoms with van der Waals surface area (Å²) in [5, 5.41) is 0. The number of halogens is 3. The molecule has 0 amide bonds. The van der Waals surface area contributed by atoms with Gasteiger partial charge in [0.25, 0.3) is 0 Å². The average molecular weight is 351 g/mol. The van der Waals surface area contributed by atoms with E-state index in [4.69, 9.17) is 4.74 Å². The van der Waals surface area contributed by atoms with Crippen LogP contribution in [0.3, 0.4) is 0 Å². The fraction of sp³-hybridized carbons (Fsp3) is 0.500. The molecule has 2 aromatic rings. The van der Waals surface area contributed by atoms with Gasteiger partial charge in [-0.15, -0.1) is 0 Å². The summed E-state index contributed by atoms with van der Waals surface area (Å²) in [6, 6.07) is 4.62. The van der Waals surface area contributed by atoms with Crippen molar-refractivity contribution in [2.45, 2.75) is 32.0 Å². The molecule has 1 saturated heterocycles. The molecule has 1 aliphatic carbocycles. The SMILES string of the molecule is Cc1cn(C2CC2)c(-c2cc(N3CCOCC3)cc(C(F)(F)F)c2)n1. The van der Waals surface area contributed by atoms with Gasteiger partial charge in [-0.1, -0.05) is 0 Å². The van der Waals surface area contributed by atoms with Gasteiger partial charge >= 0.3 is 6.18 Å². The molecule has 0 spiro atoms. The molecular weight excluding hydrogens is 331 g/mol. The maximum atomic E-state index is 13.4. The summed E-state index contributed by atoms with van der Waals surface area (Å²) in [5.74, 6) is 0.626. The van der Waals surface area contributed by atoms with Crippen molar-refractivity contribution < 1.29 is 17.9 Å². The Hall–Kier alpha value is -2.02. The Morgan fingerprint density at radius 2 is 1.84 bits per heavy atom. The maximum absolute atomic E-state index is 13.4. The second kappa shape index (κ2) is 6.05. The molecule has 0 atom stereocenters. The molecule has 4 rings (SSSR count). The van der Waals surface area contributed by atoms with Crippen molar-refractivity contribution >= 4 is 5.69 Å². The first-order valence-corrected chi connectivity index (χ1v) is 8.52. The lowest BCUT2D eigenvalue weighted by Gasteiger charge is -2.29. The fourth-order valence-electron chi connectivity index (χ4n) is 3.27. The lowest BCUT2D eigenvalue weighted by atomic mass is 10.1. The predicted octanol–water partition coefficient (Wildman–Crippen LogP) is 4.05. The van der Waals surface area contributed by atoms with Crippen molar-refractivity contribution in [2.24, 2.45) is 0 Å². The lowest BCUT2D eigenvalue weighted by molar-refractivity contribution is -0.137. The molecule has 1 saturated carbocycles. The second-order valence-electron chi connectivity index (χ2n) is 6.71. The minimum absolute atomic E-state index is 0.359. The summed E-state index contributed by atoms with van der Waals surface area (Å²) in [4.78, 5) is 6.45. The van der Waals surface area contributed by atoms with Crippen molar-refractivity contribution in [2.75, 3.05) is 31.2 Å². The number of hydrogen-bond acceptors (Lipinski definition) is 3. The molecule has 2 fully saturated rings. The number of benzene rings is 1. The van der Waals surface area contributed by atoms with E-state index >= 15 is 0 Å². The average Bonchev–Trinajstić information content (AvgIpc) is 3.36. The molecule has 2 heterocycles. The first-order chi connectivity index (χ1) is 11.9. The van der Waals surface area contributed by atoms with Gasteiger partial charge in [-0.2, -0.15) is 13.2 Å². The summed E-state index contributed by atoms with van der Waals surface area (Å²) in [7, 11) is 0. The van der Waals surface area contributed by atoms with Gasteiger partial charge in [0.1, 0.15) is 5.82 Å². The molecular formula is C18H20F3N3O. The number of imidazole rings is 1. The van der Waals surface area contributed by atoms with Crippen molar-refractivity contribution in [1.29, 1.82) is 0 Å². The van der Waals surface area contributed by atoms with Crippen LogP contribution in [-0.2, 0) is 10.9 Å². The number of hydrogen-bond donors (Lipinski definition) is 0. The topological polar surface area (TPSA) is 30.3 Å². The van der Waals surface area contributed by atoms with Crippen LogP contribution in [0.4, 0.5) is 18.9 Å². The van der Waals surface area contributed by atoms with Gasteiger partial charge in [0.2, 0.25) is 0 Å². The second-order valence-corrected chi connectivity index (χ2v) is 6.71. The summed E-state index contributed by atoms with van der Waals surface area (Å²) < 4.78 is 47.6. The Bertz CT molecular complexity index is 774. The summed E-state index contributed by atoms with van der Waals surface area (Å²) in [5.41, 5.74) is 1.30. The number of nitrogens with zero attached hydrogens (tertiary/aromatic N) is 3. The van der Waals surface area contributed by atoms with Gasteiger partial charge < -0.3 is 14.2 Å². The molecule has 0 radical (unpaired) electrons. The number of aromatic nitrogens is 2. The van der Waals surface area contributed by atoms with Gasteiger partial charge in [0.15, 0.2) is 0 Å². The van der Waals surface area contributed by atoms with Crippen molar-refractivity contribution in [3.63, 3.8) is 0 Å². The largest absolute Gasteiger partial charge is 0.416 e. The van der Waals surface area contributed by atoms with Gasteiger partial charge in [0, 0.05) is 36.6 Å². The third-order valence-electron chi connectivity index (χ3n) is 4.67. The Morgan fingerprint density at radius 3 is 2.48 bits per heavy atom. The highest BCUT2D eigenvalue weighted by Crippen LogP contribution is 2.41. The van der Waals surface area contributed by atoms with E-state index in [1.807, 2.05) is 28.7 Å². The van der Waals surface area contributed by atoms with Crippen molar-refractivity contribution in [3.8, 4) is 11.4 Å². The molecule has 1 aromatic carbocycles. The Labute approximate surface area is 144 Å². The van der Waals surface area contributed by atoms with Crippen LogP contribution in [-0.4, -0.2) is 35.9 Å². The smallest absolute Gasteiger partial charge is 0.378 e. The van der Waals surface area contributed by atoms with Crippen LogP contribution in [0.5, 0.6) is 0 Å². The highest BCUT2D eigenvalue weighted by molar-refractivity contribution is 5.66. The first kappa shape index (κ1) is 16.4. The quantitative estimate of drug-likeness (QED) is 0.836. The highest BCUT2D eigenvalue weighted by Gasteiger charge is 2.33. The fourth-order valence-corrected chi connectivity index (χ4v) is 3.27. The summed E-state index contributed by atoms with van der Waals surface area (Å²) in [6.45, 7) is 4.12. The Balaban J connectivity index is 1.81. The van der Waals surface area contributed by atoms with E-state index in [1.165, 1.54) is 12.1 Å². The van der Waals surface area contributed by atoms with E-state index in [1.54, 1.807) is 0 Å². The van der Waals surface area contributed by atoms with Gasteiger partial charge in [-0.3, -0.25) is 0 Å². The van der Waals surface area contributed by atoms with Crippen LogP contribution in [0, 0.1) is 6.92 Å². The minimum atomic E-state index is -4.39. The molecule has 4 nitrogen and oxygen atoms in total. The predicted molar refractivity (Wildman–Crippen MR) is 88.7 cm³/mol. The molecule has 0 unspecified atom stereocenters. The molecule has 134 valence electrons. The van der Waals surface area contributed by atoms with Crippen LogP contribution >= 0.6 is 0 Å². The van der Waals surface area contributed by atoms with Gasteiger partial charge in [-0.05, 0) is 38.0 Å². The van der Waals surface area contributed by atoms with Gasteiger partial charge in [0.05, 0.1) is 24.5 Å². The van der Waals surface area contributed by atoms with Crippen molar-refractivity contribution in [3.05, 3.63) is 35.7 Å². The normalized spacial score (nSPS) is 18.6. The number of rotatable bonds is 3. The van der Waals surface area contributed by atoms with E-state index in [0.717, 1.165) is 18.5 Å². The Kier molecular flexibility index (Phi) is 3.98. The van der Waals surface area contributed by atoms with E-state index in [9.17, 15) is 13.2 Å². The zero-order valence-electron chi connectivity index (χ0n) is 14.0. The molecule has 0 N–H and O–H groups in total. The van der Waals surface area contributed by atoms with Crippen molar-refractivity contribution in [1.82, 2.24) is 9.55 Å². The van der Waals surface area contributed by atoms with E-state index < -0.39 is 11.7 Å². The lowest BCUT2D eigenvalue weighted by Crippen LogP contribution is -2.36. The number of morpholine rings is 1. The van der Waals surface area contributed by atoms with Crippen LogP contribution in [0.2, 0.25) is 0 Å². The molecule has 25 heavy (non-hydrogen) atoms. The monoisotopic (exact) mass is 351 g/mol. The zero-order chi connectivity index (χ0) is 17.6. The van der Waals surface area contributed by atoms with Crippen LogP contribution in [0.1, 0.15) is 30.1 Å². The number of ether oxygens (including phenoxy) is 1. The van der Waals surface area contributed by atoms with Crippen LogP contribution in [0.25, 0.3) is 11.4 Å². The highest BCUT2D eigenvalue weighted by atomic mass is 19.4. The Morgan fingerprint density at radius 1 is 1.12 bits per heavy atom. The first-order valence-electron chi connectivity index (χ1n) is 8.52. The van der Waals surface area contributed by atoms with Crippen LogP contribution in [0.15, 0.2) is 24.4 Å².